The van der Waals surface area contributed by atoms with Gasteiger partial charge < -0.3 is 26.9 Å². The number of quaternary nitrogens is 1. The first-order valence-electron chi connectivity index (χ1n) is 7.46. The van der Waals surface area contributed by atoms with E-state index < -0.39 is 0 Å². The van der Waals surface area contributed by atoms with Crippen molar-refractivity contribution in [2.24, 2.45) is 0 Å². The van der Waals surface area contributed by atoms with Gasteiger partial charge in [-0.15, -0.1) is 0 Å². The van der Waals surface area contributed by atoms with Gasteiger partial charge in [-0.3, -0.25) is 4.79 Å². The van der Waals surface area contributed by atoms with Gasteiger partial charge in [-0.1, -0.05) is 23.7 Å². The van der Waals surface area contributed by atoms with Crippen molar-refractivity contribution < 1.29 is 26.8 Å². The molecule has 0 fully saturated rings. The number of nitrogens with zero attached hydrogens (tertiary/aromatic N) is 1. The Kier molecular flexibility index (Phi) is 10.2. The molecule has 0 aromatic heterocycles. The summed E-state index contributed by atoms with van der Waals surface area (Å²) in [7, 11) is 1.83. The van der Waals surface area contributed by atoms with Crippen molar-refractivity contribution in [3.63, 3.8) is 0 Å². The Morgan fingerprint density at radius 2 is 1.91 bits per heavy atom. The van der Waals surface area contributed by atoms with Crippen LogP contribution in [0.25, 0.3) is 0 Å². The lowest BCUT2D eigenvalue weighted by molar-refractivity contribution is -0.888. The molecular weight excluding hydrogens is 323 g/mol. The Balaban J connectivity index is 0.00000441. The number of hydrogen-bond donors (Lipinski definition) is 1. The summed E-state index contributed by atoms with van der Waals surface area (Å²) in [5, 5.41) is 0.589. The van der Waals surface area contributed by atoms with Gasteiger partial charge in [0, 0.05) is 7.05 Å². The van der Waals surface area contributed by atoms with Gasteiger partial charge in [-0.05, 0) is 32.9 Å². The maximum absolute atomic E-state index is 12.2. The Labute approximate surface area is 144 Å². The molecule has 1 aromatic rings. The smallest absolute Gasteiger partial charge is 0.277 e. The third kappa shape index (κ3) is 6.42. The highest BCUT2D eigenvalue weighted by Gasteiger charge is 2.20. The lowest BCUT2D eigenvalue weighted by Crippen LogP contribution is -3.12. The highest BCUT2D eigenvalue weighted by molar-refractivity contribution is 6.32. The molecule has 0 aliphatic heterocycles. The normalized spacial score (nSPS) is 11.7. The second-order valence-corrected chi connectivity index (χ2v) is 5.64. The molecule has 1 atom stereocenters. The third-order valence-electron chi connectivity index (χ3n) is 3.77. The van der Waals surface area contributed by atoms with E-state index in [4.69, 9.17) is 16.3 Å². The quantitative estimate of drug-likeness (QED) is 0.620. The number of ether oxygens (including phenoxy) is 1. The summed E-state index contributed by atoms with van der Waals surface area (Å²) in [5.41, 5.74) is 0. The summed E-state index contributed by atoms with van der Waals surface area (Å²) in [6.07, 6.45) is 0. The van der Waals surface area contributed by atoms with Crippen LogP contribution in [0, 0.1) is 0 Å². The van der Waals surface area contributed by atoms with Gasteiger partial charge in [0.25, 0.3) is 5.91 Å². The molecule has 22 heavy (non-hydrogen) atoms. The zero-order valence-corrected chi connectivity index (χ0v) is 15.2. The molecule has 4 nitrogen and oxygen atoms in total. The number of rotatable bonds is 8. The molecule has 126 valence electrons. The number of hydrogen-bond acceptors (Lipinski definition) is 2. The minimum absolute atomic E-state index is 0. The number of likely N-dealkylation sites (N-methyl/N-ethyl adjacent to an activating group) is 2. The summed E-state index contributed by atoms with van der Waals surface area (Å²) < 4.78 is 5.69. The molecule has 1 amide bonds. The van der Waals surface area contributed by atoms with Gasteiger partial charge in [0.1, 0.15) is 12.4 Å². The van der Waals surface area contributed by atoms with Gasteiger partial charge in [-0.2, -0.15) is 0 Å². The number of carbonyl (C=O) groups is 1. The van der Waals surface area contributed by atoms with Crippen LogP contribution < -0.4 is 22.0 Å². The Morgan fingerprint density at radius 1 is 1.32 bits per heavy atom. The lowest BCUT2D eigenvalue weighted by Gasteiger charge is -2.26. The monoisotopic (exact) mass is 348 g/mol. The molecule has 0 aliphatic carbocycles. The van der Waals surface area contributed by atoms with E-state index in [0.717, 1.165) is 13.1 Å². The lowest BCUT2D eigenvalue weighted by atomic mass is 10.3. The molecule has 0 bridgehead atoms. The first-order chi connectivity index (χ1) is 9.99. The summed E-state index contributed by atoms with van der Waals surface area (Å²) in [6, 6.07) is 7.37. The van der Waals surface area contributed by atoms with Crippen LogP contribution in [0.1, 0.15) is 20.8 Å². The van der Waals surface area contributed by atoms with E-state index in [1.165, 1.54) is 4.90 Å². The molecule has 0 heterocycles. The second kappa shape index (κ2) is 10.7. The number of amides is 1. The SMILES string of the molecule is CC[NH+](CC)CC(=O)N(C)C(C)COc1ccccc1Cl.[Cl-]. The van der Waals surface area contributed by atoms with E-state index in [1.54, 1.807) is 11.0 Å². The largest absolute Gasteiger partial charge is 1.00 e. The van der Waals surface area contributed by atoms with E-state index in [9.17, 15) is 4.79 Å². The predicted molar refractivity (Wildman–Crippen MR) is 86.1 cm³/mol. The van der Waals surface area contributed by atoms with Crippen LogP contribution in [-0.2, 0) is 4.79 Å². The Hall–Kier alpha value is -0.970. The average molecular weight is 349 g/mol. The topological polar surface area (TPSA) is 34.0 Å². The van der Waals surface area contributed by atoms with Crippen LogP contribution in [0.3, 0.4) is 0 Å². The zero-order chi connectivity index (χ0) is 15.8. The maximum atomic E-state index is 12.2. The van der Waals surface area contributed by atoms with Crippen LogP contribution in [0.5, 0.6) is 5.75 Å². The molecule has 1 aromatic carbocycles. The highest BCUT2D eigenvalue weighted by atomic mass is 35.5. The average Bonchev–Trinajstić information content (AvgIpc) is 2.50. The molecule has 1 unspecified atom stereocenters. The van der Waals surface area contributed by atoms with Gasteiger partial charge >= 0.3 is 0 Å². The Morgan fingerprint density at radius 3 is 2.45 bits per heavy atom. The molecule has 1 N–H and O–H groups in total. The van der Waals surface area contributed by atoms with E-state index in [1.807, 2.05) is 32.2 Å². The summed E-state index contributed by atoms with van der Waals surface area (Å²) in [6.45, 7) is 9.04. The van der Waals surface area contributed by atoms with E-state index in [0.29, 0.717) is 23.9 Å². The first kappa shape index (κ1) is 21.0. The number of carbonyl (C=O) groups excluding carboxylic acids is 1. The minimum Gasteiger partial charge on any atom is -1.00 e. The summed E-state index contributed by atoms with van der Waals surface area (Å²) in [4.78, 5) is 15.2. The van der Waals surface area contributed by atoms with Crippen molar-refractivity contribution in [3.8, 4) is 5.75 Å². The fourth-order valence-corrected chi connectivity index (χ4v) is 2.16. The fourth-order valence-electron chi connectivity index (χ4n) is 1.97. The standard InChI is InChI=1S/C16H25ClN2O2.ClH/c1-5-19(6-2)11-16(20)18(4)13(3)12-21-15-10-8-7-9-14(15)17;/h7-10,13H,5-6,11-12H2,1-4H3;1H. The number of halogens is 2. The van der Waals surface area contributed by atoms with Crippen molar-refractivity contribution in [2.75, 3.05) is 33.3 Å². The van der Waals surface area contributed by atoms with Crippen molar-refractivity contribution >= 4 is 17.5 Å². The summed E-state index contributed by atoms with van der Waals surface area (Å²) >= 11 is 6.05. The number of nitrogens with one attached hydrogen (secondary N) is 1. The van der Waals surface area contributed by atoms with Crippen LogP contribution in [0.15, 0.2) is 24.3 Å². The van der Waals surface area contributed by atoms with Crippen LogP contribution >= 0.6 is 11.6 Å². The van der Waals surface area contributed by atoms with Gasteiger partial charge in [0.15, 0.2) is 6.54 Å². The van der Waals surface area contributed by atoms with E-state index in [2.05, 4.69) is 13.8 Å². The van der Waals surface area contributed by atoms with Crippen LogP contribution in [0.2, 0.25) is 5.02 Å². The van der Waals surface area contributed by atoms with Crippen LogP contribution in [-0.4, -0.2) is 50.1 Å². The Bertz CT molecular complexity index is 454. The van der Waals surface area contributed by atoms with Gasteiger partial charge in [0.2, 0.25) is 0 Å². The zero-order valence-electron chi connectivity index (χ0n) is 13.7. The van der Waals surface area contributed by atoms with Gasteiger partial charge in [0.05, 0.1) is 24.2 Å². The maximum Gasteiger partial charge on any atom is 0.277 e. The molecule has 6 heteroatoms. The molecule has 0 aliphatic rings. The predicted octanol–water partition coefficient (Wildman–Crippen LogP) is -1.51. The molecular formula is C16H26Cl2N2O2. The number of para-hydroxylation sites is 1. The van der Waals surface area contributed by atoms with Gasteiger partial charge in [-0.25, -0.2) is 0 Å². The summed E-state index contributed by atoms with van der Waals surface area (Å²) in [5.74, 6) is 0.796. The fraction of sp³-hybridized carbons (Fsp3) is 0.562. The highest BCUT2D eigenvalue weighted by Crippen LogP contribution is 2.23. The van der Waals surface area contributed by atoms with Crippen LogP contribution in [0.4, 0.5) is 0 Å². The number of benzene rings is 1. The second-order valence-electron chi connectivity index (χ2n) is 5.23. The molecule has 0 saturated carbocycles. The van der Waals surface area contributed by atoms with E-state index in [-0.39, 0.29) is 24.4 Å². The molecule has 0 spiro atoms. The van der Waals surface area contributed by atoms with Crippen molar-refractivity contribution in [3.05, 3.63) is 29.3 Å². The third-order valence-corrected chi connectivity index (χ3v) is 4.08. The van der Waals surface area contributed by atoms with E-state index >= 15 is 0 Å². The van der Waals surface area contributed by atoms with Crippen molar-refractivity contribution in [2.45, 2.75) is 26.8 Å². The van der Waals surface area contributed by atoms with Crippen molar-refractivity contribution in [1.82, 2.24) is 4.90 Å². The minimum atomic E-state index is 0. The first-order valence-corrected chi connectivity index (χ1v) is 7.83. The molecule has 0 radical (unpaired) electrons. The molecule has 0 saturated heterocycles. The molecule has 1 rings (SSSR count). The van der Waals surface area contributed by atoms with Crippen molar-refractivity contribution in [1.29, 1.82) is 0 Å².